The summed E-state index contributed by atoms with van der Waals surface area (Å²) in [4.78, 5) is 12.9. The fourth-order valence-electron chi connectivity index (χ4n) is 3.13. The van der Waals surface area contributed by atoms with E-state index in [2.05, 4.69) is 10.6 Å². The molecular weight excluding hydrogens is 347 g/mol. The first kappa shape index (κ1) is 17.2. The van der Waals surface area contributed by atoms with E-state index in [1.807, 2.05) is 31.2 Å². The Hall–Kier alpha value is -1.59. The highest BCUT2D eigenvalue weighted by Crippen LogP contribution is 2.40. The maximum absolute atomic E-state index is 12.9. The lowest BCUT2D eigenvalue weighted by Crippen LogP contribution is -2.54. The van der Waals surface area contributed by atoms with Gasteiger partial charge in [0.25, 0.3) is 0 Å². The average molecular weight is 365 g/mol. The molecular formula is C18H18Cl2N2O2. The monoisotopic (exact) mass is 364 g/mol. The number of amides is 1. The van der Waals surface area contributed by atoms with Gasteiger partial charge in [-0.3, -0.25) is 10.1 Å². The molecule has 126 valence electrons. The van der Waals surface area contributed by atoms with Crippen LogP contribution in [0.1, 0.15) is 18.1 Å². The molecule has 0 radical (unpaired) electrons. The van der Waals surface area contributed by atoms with E-state index in [9.17, 15) is 9.90 Å². The van der Waals surface area contributed by atoms with Crippen molar-refractivity contribution in [2.75, 3.05) is 11.9 Å². The highest BCUT2D eigenvalue weighted by atomic mass is 35.5. The fourth-order valence-corrected chi connectivity index (χ4v) is 3.52. The first-order valence-electron chi connectivity index (χ1n) is 7.69. The van der Waals surface area contributed by atoms with Gasteiger partial charge in [-0.05, 0) is 36.8 Å². The van der Waals surface area contributed by atoms with Crippen LogP contribution in [0.25, 0.3) is 0 Å². The third-order valence-electron chi connectivity index (χ3n) is 4.20. The molecule has 0 aliphatic carbocycles. The molecule has 1 heterocycles. The number of hydrogen-bond acceptors (Lipinski definition) is 3. The Morgan fingerprint density at radius 1 is 1.21 bits per heavy atom. The van der Waals surface area contributed by atoms with Crippen LogP contribution < -0.4 is 10.6 Å². The van der Waals surface area contributed by atoms with Crippen LogP contribution in [0, 0.1) is 0 Å². The summed E-state index contributed by atoms with van der Waals surface area (Å²) in [5.41, 5.74) is 1.45. The zero-order valence-electron chi connectivity index (χ0n) is 13.1. The number of nitrogens with one attached hydrogen (secondary N) is 2. The molecule has 0 spiro atoms. The lowest BCUT2D eigenvalue weighted by atomic mass is 9.84. The number of halogens is 2. The summed E-state index contributed by atoms with van der Waals surface area (Å²) in [6, 6.07) is 12.5. The zero-order valence-corrected chi connectivity index (χ0v) is 14.7. The highest BCUT2D eigenvalue weighted by Gasteiger charge is 2.47. The van der Waals surface area contributed by atoms with Crippen LogP contribution in [0.4, 0.5) is 5.69 Å². The minimum Gasteiger partial charge on any atom is -0.395 e. The van der Waals surface area contributed by atoms with E-state index < -0.39 is 5.54 Å². The number of fused-ring (bicyclic) bond motifs is 1. The molecule has 2 aromatic carbocycles. The molecule has 0 bridgehead atoms. The molecule has 2 aromatic rings. The highest BCUT2D eigenvalue weighted by molar-refractivity contribution is 6.31. The van der Waals surface area contributed by atoms with E-state index >= 15 is 0 Å². The molecule has 0 saturated carbocycles. The zero-order chi connectivity index (χ0) is 17.3. The third-order valence-corrected chi connectivity index (χ3v) is 4.67. The number of carbonyl (C=O) groups excluding carboxylic acids is 1. The fraction of sp³-hybridized carbons (Fsp3) is 0.278. The number of carbonyl (C=O) groups is 1. The van der Waals surface area contributed by atoms with Crippen LogP contribution >= 0.6 is 23.2 Å². The maximum atomic E-state index is 12.9. The molecule has 0 fully saturated rings. The molecule has 0 saturated heterocycles. The SMILES string of the molecule is CC(CO)NC1(Cc2cccc(Cl)c2)C(=O)Nc2cc(Cl)ccc21. The summed E-state index contributed by atoms with van der Waals surface area (Å²) < 4.78 is 0. The molecule has 2 atom stereocenters. The maximum Gasteiger partial charge on any atom is 0.249 e. The van der Waals surface area contributed by atoms with Crippen LogP contribution in [0.3, 0.4) is 0 Å². The quantitative estimate of drug-likeness (QED) is 0.762. The molecule has 3 N–H and O–H groups in total. The Bertz CT molecular complexity index is 781. The minimum absolute atomic E-state index is 0.0759. The van der Waals surface area contributed by atoms with Gasteiger partial charge in [0.1, 0.15) is 5.54 Å². The number of rotatable bonds is 5. The number of hydrogen-bond donors (Lipinski definition) is 3. The summed E-state index contributed by atoms with van der Waals surface area (Å²) in [5.74, 6) is -0.167. The van der Waals surface area contributed by atoms with Crippen molar-refractivity contribution in [1.29, 1.82) is 0 Å². The second-order valence-electron chi connectivity index (χ2n) is 6.08. The summed E-state index contributed by atoms with van der Waals surface area (Å²) in [6.07, 6.45) is 0.415. The Kier molecular flexibility index (Phi) is 4.83. The van der Waals surface area contributed by atoms with E-state index in [0.717, 1.165) is 11.1 Å². The van der Waals surface area contributed by atoms with Gasteiger partial charge in [-0.15, -0.1) is 0 Å². The Labute approximate surface area is 150 Å². The Morgan fingerprint density at radius 2 is 1.96 bits per heavy atom. The van der Waals surface area contributed by atoms with E-state index in [1.165, 1.54) is 0 Å². The Morgan fingerprint density at radius 3 is 2.67 bits per heavy atom. The van der Waals surface area contributed by atoms with Crippen molar-refractivity contribution in [3.8, 4) is 0 Å². The average Bonchev–Trinajstić information content (AvgIpc) is 2.78. The van der Waals surface area contributed by atoms with E-state index in [0.29, 0.717) is 22.2 Å². The van der Waals surface area contributed by atoms with Gasteiger partial charge in [-0.1, -0.05) is 41.4 Å². The second-order valence-corrected chi connectivity index (χ2v) is 6.96. The largest absolute Gasteiger partial charge is 0.395 e. The number of aliphatic hydroxyl groups excluding tert-OH is 1. The minimum atomic E-state index is -0.979. The van der Waals surface area contributed by atoms with Crippen LogP contribution in [0.5, 0.6) is 0 Å². The summed E-state index contributed by atoms with van der Waals surface area (Å²) in [6.45, 7) is 1.76. The van der Waals surface area contributed by atoms with Gasteiger partial charge >= 0.3 is 0 Å². The van der Waals surface area contributed by atoms with Crippen molar-refractivity contribution in [3.05, 3.63) is 63.6 Å². The van der Waals surface area contributed by atoms with Crippen molar-refractivity contribution < 1.29 is 9.90 Å². The lowest BCUT2D eigenvalue weighted by molar-refractivity contribution is -0.122. The molecule has 4 nitrogen and oxygen atoms in total. The number of benzene rings is 2. The predicted octanol–water partition coefficient (Wildman–Crippen LogP) is 3.35. The van der Waals surface area contributed by atoms with Gasteiger partial charge in [-0.25, -0.2) is 0 Å². The van der Waals surface area contributed by atoms with Crippen LogP contribution in [-0.2, 0) is 16.8 Å². The van der Waals surface area contributed by atoms with Gasteiger partial charge in [-0.2, -0.15) is 0 Å². The molecule has 1 aliphatic heterocycles. The van der Waals surface area contributed by atoms with Gasteiger partial charge in [0.05, 0.1) is 6.61 Å². The molecule has 2 unspecified atom stereocenters. The van der Waals surface area contributed by atoms with Gasteiger partial charge in [0.2, 0.25) is 5.91 Å². The summed E-state index contributed by atoms with van der Waals surface area (Å²) in [5, 5.41) is 16.8. The van der Waals surface area contributed by atoms with Gasteiger partial charge in [0, 0.05) is 33.8 Å². The molecule has 1 amide bonds. The first-order valence-corrected chi connectivity index (χ1v) is 8.45. The van der Waals surface area contributed by atoms with Crippen LogP contribution in [0.15, 0.2) is 42.5 Å². The second kappa shape index (κ2) is 6.73. The molecule has 1 aliphatic rings. The molecule has 0 aromatic heterocycles. The molecule has 6 heteroatoms. The summed E-state index contributed by atoms with van der Waals surface area (Å²) in [7, 11) is 0. The molecule has 24 heavy (non-hydrogen) atoms. The van der Waals surface area contributed by atoms with E-state index in [1.54, 1.807) is 18.2 Å². The Balaban J connectivity index is 2.08. The third kappa shape index (κ3) is 3.15. The predicted molar refractivity (Wildman–Crippen MR) is 96.6 cm³/mol. The summed E-state index contributed by atoms with van der Waals surface area (Å²) >= 11 is 12.1. The van der Waals surface area contributed by atoms with Crippen molar-refractivity contribution in [1.82, 2.24) is 5.32 Å². The lowest BCUT2D eigenvalue weighted by Gasteiger charge is -2.32. The van der Waals surface area contributed by atoms with Crippen molar-refractivity contribution in [3.63, 3.8) is 0 Å². The molecule has 3 rings (SSSR count). The van der Waals surface area contributed by atoms with Crippen molar-refractivity contribution in [2.24, 2.45) is 0 Å². The van der Waals surface area contributed by atoms with Gasteiger partial charge < -0.3 is 10.4 Å². The van der Waals surface area contributed by atoms with Crippen LogP contribution in [0.2, 0.25) is 10.0 Å². The first-order chi connectivity index (χ1) is 11.4. The van der Waals surface area contributed by atoms with Gasteiger partial charge in [0.15, 0.2) is 0 Å². The van der Waals surface area contributed by atoms with Crippen LogP contribution in [-0.4, -0.2) is 23.7 Å². The van der Waals surface area contributed by atoms with E-state index in [4.69, 9.17) is 23.2 Å². The van der Waals surface area contributed by atoms with E-state index in [-0.39, 0.29) is 18.6 Å². The smallest absolute Gasteiger partial charge is 0.249 e. The topological polar surface area (TPSA) is 61.4 Å². The van der Waals surface area contributed by atoms with Crippen molar-refractivity contribution >= 4 is 34.8 Å². The standard InChI is InChI=1S/C18H18Cl2N2O2/c1-11(10-23)22-18(9-12-3-2-4-13(19)7-12)15-6-5-14(20)8-16(15)21-17(18)24/h2-8,11,22-23H,9-10H2,1H3,(H,21,24). The van der Waals surface area contributed by atoms with Crippen molar-refractivity contribution in [2.45, 2.75) is 24.9 Å². The number of anilines is 1. The number of aliphatic hydroxyl groups is 1. The normalized spacial score (nSPS) is 20.6.